The van der Waals surface area contributed by atoms with Crippen LogP contribution in [0.5, 0.6) is 0 Å². The first-order valence-corrected chi connectivity index (χ1v) is 7.36. The molecule has 2 rings (SSSR count). The third-order valence-corrected chi connectivity index (χ3v) is 4.16. The van der Waals surface area contributed by atoms with Crippen molar-refractivity contribution < 1.29 is 14.3 Å². The van der Waals surface area contributed by atoms with Crippen molar-refractivity contribution in [3.05, 3.63) is 11.6 Å². The first-order chi connectivity index (χ1) is 9.47. The predicted octanol–water partition coefficient (Wildman–Crippen LogP) is 1.22. The number of nitrogens with two attached hydrogens (primary N) is 1. The van der Waals surface area contributed by atoms with Gasteiger partial charge < -0.3 is 15.4 Å². The molecule has 2 aliphatic heterocycles. The fourth-order valence-electron chi connectivity index (χ4n) is 3.05. The van der Waals surface area contributed by atoms with Gasteiger partial charge in [-0.25, -0.2) is 0 Å². The summed E-state index contributed by atoms with van der Waals surface area (Å²) in [5, 5.41) is 0. The molecular formula is C15H24N2O3. The van der Waals surface area contributed by atoms with Gasteiger partial charge in [-0.15, -0.1) is 0 Å². The Bertz CT molecular complexity index is 407. The molecule has 0 unspecified atom stereocenters. The van der Waals surface area contributed by atoms with Crippen molar-refractivity contribution >= 4 is 11.8 Å². The molecule has 0 bridgehead atoms. The summed E-state index contributed by atoms with van der Waals surface area (Å²) in [4.78, 5) is 24.9. The van der Waals surface area contributed by atoms with Gasteiger partial charge in [-0.3, -0.25) is 9.59 Å². The molecule has 0 saturated carbocycles. The van der Waals surface area contributed by atoms with Crippen LogP contribution in [-0.2, 0) is 14.3 Å². The lowest BCUT2D eigenvalue weighted by molar-refractivity contribution is -0.131. The van der Waals surface area contributed by atoms with E-state index in [0.717, 1.165) is 44.3 Å². The van der Waals surface area contributed by atoms with E-state index in [-0.39, 0.29) is 17.9 Å². The van der Waals surface area contributed by atoms with Gasteiger partial charge in [0.1, 0.15) is 6.10 Å². The van der Waals surface area contributed by atoms with Crippen molar-refractivity contribution in [1.29, 1.82) is 0 Å². The first-order valence-electron chi connectivity index (χ1n) is 7.36. The number of nitrogens with zero attached hydrogens (tertiary/aromatic N) is 1. The minimum Gasteiger partial charge on any atom is -0.367 e. The summed E-state index contributed by atoms with van der Waals surface area (Å²) >= 11 is 0. The largest absolute Gasteiger partial charge is 0.367 e. The third kappa shape index (κ3) is 3.60. The summed E-state index contributed by atoms with van der Waals surface area (Å²) in [6.45, 7) is 5.41. The van der Waals surface area contributed by atoms with E-state index in [2.05, 4.69) is 0 Å². The highest BCUT2D eigenvalue weighted by Crippen LogP contribution is 2.31. The van der Waals surface area contributed by atoms with Crippen molar-refractivity contribution in [1.82, 2.24) is 4.90 Å². The van der Waals surface area contributed by atoms with Gasteiger partial charge >= 0.3 is 0 Å². The number of carbonyl (C=O) groups excluding carboxylic acids is 2. The van der Waals surface area contributed by atoms with E-state index in [4.69, 9.17) is 10.5 Å². The highest BCUT2D eigenvalue weighted by atomic mass is 16.5. The number of hydrogen-bond acceptors (Lipinski definition) is 3. The number of piperidine rings is 1. The van der Waals surface area contributed by atoms with Gasteiger partial charge in [-0.05, 0) is 45.4 Å². The second kappa shape index (κ2) is 6.39. The van der Waals surface area contributed by atoms with Gasteiger partial charge in [0, 0.05) is 19.2 Å². The smallest absolute Gasteiger partial charge is 0.246 e. The Morgan fingerprint density at radius 1 is 1.15 bits per heavy atom. The van der Waals surface area contributed by atoms with Crippen LogP contribution in [0.15, 0.2) is 11.6 Å². The zero-order chi connectivity index (χ0) is 14.7. The van der Waals surface area contributed by atoms with Crippen LogP contribution in [0.4, 0.5) is 0 Å². The number of carbonyl (C=O) groups is 2. The maximum Gasteiger partial charge on any atom is 0.246 e. The number of hydrogen-bond donors (Lipinski definition) is 1. The molecule has 20 heavy (non-hydrogen) atoms. The van der Waals surface area contributed by atoms with Crippen LogP contribution in [0.3, 0.4) is 0 Å². The van der Waals surface area contributed by atoms with Crippen molar-refractivity contribution in [2.24, 2.45) is 11.7 Å². The summed E-state index contributed by atoms with van der Waals surface area (Å²) in [6, 6.07) is 0. The van der Waals surface area contributed by atoms with Crippen LogP contribution in [0.2, 0.25) is 0 Å². The van der Waals surface area contributed by atoms with Gasteiger partial charge in [-0.2, -0.15) is 0 Å². The third-order valence-electron chi connectivity index (χ3n) is 4.16. The maximum atomic E-state index is 11.9. The Labute approximate surface area is 120 Å². The molecule has 0 aromatic heterocycles. The Hall–Kier alpha value is -1.36. The molecule has 0 aromatic carbocycles. The highest BCUT2D eigenvalue weighted by Gasteiger charge is 2.36. The van der Waals surface area contributed by atoms with Crippen molar-refractivity contribution in [2.75, 3.05) is 13.1 Å². The normalized spacial score (nSPS) is 27.4. The zero-order valence-corrected chi connectivity index (χ0v) is 12.3. The Kier molecular flexibility index (Phi) is 4.81. The molecule has 5 nitrogen and oxygen atoms in total. The molecule has 2 atom stereocenters. The van der Waals surface area contributed by atoms with Crippen LogP contribution in [0.25, 0.3) is 0 Å². The maximum absolute atomic E-state index is 11.9. The number of rotatable bonds is 3. The molecule has 2 saturated heterocycles. The lowest BCUT2D eigenvalue weighted by atomic mass is 9.89. The van der Waals surface area contributed by atoms with E-state index in [0.29, 0.717) is 5.92 Å². The molecule has 2 heterocycles. The summed E-state index contributed by atoms with van der Waals surface area (Å²) < 4.78 is 5.73. The fraction of sp³-hybridized carbons (Fsp3) is 0.733. The van der Waals surface area contributed by atoms with Crippen LogP contribution in [0.1, 0.15) is 39.5 Å². The summed E-state index contributed by atoms with van der Waals surface area (Å²) in [5.41, 5.74) is 6.30. The molecule has 5 heteroatoms. The molecule has 112 valence electrons. The second-order valence-electron chi connectivity index (χ2n) is 6.03. The van der Waals surface area contributed by atoms with E-state index in [1.807, 2.05) is 18.7 Å². The van der Waals surface area contributed by atoms with Gasteiger partial charge in [0.25, 0.3) is 0 Å². The molecule has 0 aromatic rings. The molecular weight excluding hydrogens is 256 g/mol. The lowest BCUT2D eigenvalue weighted by Gasteiger charge is -2.34. The van der Waals surface area contributed by atoms with Gasteiger partial charge in [0.15, 0.2) is 0 Å². The highest BCUT2D eigenvalue weighted by molar-refractivity contribution is 5.88. The first kappa shape index (κ1) is 15.0. The number of likely N-dealkylation sites (tertiary alicyclic amines) is 1. The van der Waals surface area contributed by atoms with Gasteiger partial charge in [0.05, 0.1) is 6.10 Å². The monoisotopic (exact) mass is 280 g/mol. The number of ether oxygens (including phenoxy) is 1. The van der Waals surface area contributed by atoms with E-state index >= 15 is 0 Å². The van der Waals surface area contributed by atoms with Crippen LogP contribution >= 0.6 is 0 Å². The SMILES string of the molecule is CC(C)=CC(=O)N1CCC([C@@H]2CC[C@H](C(N)=O)O2)CC1. The minimum atomic E-state index is -0.412. The average molecular weight is 280 g/mol. The van der Waals surface area contributed by atoms with Crippen molar-refractivity contribution in [3.8, 4) is 0 Å². The van der Waals surface area contributed by atoms with Crippen molar-refractivity contribution in [2.45, 2.75) is 51.7 Å². The van der Waals surface area contributed by atoms with Crippen molar-refractivity contribution in [3.63, 3.8) is 0 Å². The molecule has 2 aliphatic rings. The average Bonchev–Trinajstić information content (AvgIpc) is 2.88. The standard InChI is InChI=1S/C15H24N2O3/c1-10(2)9-14(18)17-7-5-11(6-8-17)12-3-4-13(20-12)15(16)19/h9,11-13H,3-8H2,1-2H3,(H2,16,19)/t12-,13+/m0/s1. The number of primary amides is 1. The van der Waals surface area contributed by atoms with Crippen LogP contribution in [0, 0.1) is 5.92 Å². The van der Waals surface area contributed by atoms with E-state index in [9.17, 15) is 9.59 Å². The molecule has 0 aliphatic carbocycles. The van der Waals surface area contributed by atoms with E-state index in [1.165, 1.54) is 0 Å². The summed E-state index contributed by atoms with van der Waals surface area (Å²) in [6.07, 6.45) is 4.93. The number of allylic oxidation sites excluding steroid dienone is 1. The fourth-order valence-corrected chi connectivity index (χ4v) is 3.05. The number of amides is 2. The van der Waals surface area contributed by atoms with E-state index < -0.39 is 6.10 Å². The lowest BCUT2D eigenvalue weighted by Crippen LogP contribution is -2.41. The summed E-state index contributed by atoms with van der Waals surface area (Å²) in [7, 11) is 0. The Balaban J connectivity index is 1.82. The molecule has 0 radical (unpaired) electrons. The molecule has 2 fully saturated rings. The molecule has 0 spiro atoms. The van der Waals surface area contributed by atoms with Crippen LogP contribution in [-0.4, -0.2) is 42.0 Å². The van der Waals surface area contributed by atoms with Gasteiger partial charge in [0.2, 0.25) is 11.8 Å². The molecule has 2 N–H and O–H groups in total. The minimum absolute atomic E-state index is 0.103. The summed E-state index contributed by atoms with van der Waals surface area (Å²) in [5.74, 6) is 0.185. The van der Waals surface area contributed by atoms with E-state index in [1.54, 1.807) is 6.08 Å². The quantitative estimate of drug-likeness (QED) is 0.790. The molecule has 2 amide bonds. The van der Waals surface area contributed by atoms with Crippen LogP contribution < -0.4 is 5.73 Å². The predicted molar refractivity (Wildman–Crippen MR) is 75.8 cm³/mol. The van der Waals surface area contributed by atoms with Gasteiger partial charge in [-0.1, -0.05) is 5.57 Å². The Morgan fingerprint density at radius 3 is 2.30 bits per heavy atom. The Morgan fingerprint density at radius 2 is 1.80 bits per heavy atom. The zero-order valence-electron chi connectivity index (χ0n) is 12.3. The topological polar surface area (TPSA) is 72.6 Å². The second-order valence-corrected chi connectivity index (χ2v) is 6.03.